The molecule has 0 spiro atoms. The molecule has 1 fully saturated rings. The molecule has 1 saturated carbocycles. The molecule has 1 aliphatic rings. The smallest absolute Gasteiger partial charge is 0.233 e. The zero-order valence-corrected chi connectivity index (χ0v) is 14.7. The molecular formula is C16H20Cl2N4O2. The number of amides is 1. The number of benzene rings is 1. The van der Waals surface area contributed by atoms with Crippen molar-refractivity contribution in [2.24, 2.45) is 5.92 Å². The van der Waals surface area contributed by atoms with Crippen LogP contribution in [0.2, 0.25) is 5.02 Å². The molecule has 130 valence electrons. The van der Waals surface area contributed by atoms with Crippen LogP contribution in [0.4, 0.5) is 0 Å². The summed E-state index contributed by atoms with van der Waals surface area (Å²) < 4.78 is 5.19. The van der Waals surface area contributed by atoms with Gasteiger partial charge in [-0.2, -0.15) is 4.98 Å². The third-order valence-electron chi connectivity index (χ3n) is 3.63. The molecule has 1 aliphatic carbocycles. The molecule has 0 saturated heterocycles. The zero-order valence-electron chi connectivity index (χ0n) is 13.1. The molecule has 8 heteroatoms. The molecule has 0 unspecified atom stereocenters. The van der Waals surface area contributed by atoms with Crippen LogP contribution in [0.15, 0.2) is 28.8 Å². The van der Waals surface area contributed by atoms with Crippen molar-refractivity contribution in [3.8, 4) is 11.4 Å². The number of hydrogen-bond donors (Lipinski definition) is 2. The predicted molar refractivity (Wildman–Crippen MR) is 94.3 cm³/mol. The third kappa shape index (κ3) is 5.78. The Balaban J connectivity index is 0.00000208. The number of nitrogens with one attached hydrogen (secondary N) is 2. The molecular weight excluding hydrogens is 351 g/mol. The Morgan fingerprint density at radius 3 is 2.96 bits per heavy atom. The van der Waals surface area contributed by atoms with Crippen LogP contribution in [0.3, 0.4) is 0 Å². The van der Waals surface area contributed by atoms with E-state index in [0.29, 0.717) is 36.2 Å². The van der Waals surface area contributed by atoms with Gasteiger partial charge in [0.2, 0.25) is 17.6 Å². The van der Waals surface area contributed by atoms with E-state index in [9.17, 15) is 4.79 Å². The molecule has 0 atom stereocenters. The average molecular weight is 371 g/mol. The lowest BCUT2D eigenvalue weighted by molar-refractivity contribution is -0.120. The van der Waals surface area contributed by atoms with Crippen LogP contribution in [0.5, 0.6) is 0 Å². The third-order valence-corrected chi connectivity index (χ3v) is 3.86. The molecule has 0 bridgehead atoms. The number of aromatic nitrogens is 2. The fourth-order valence-corrected chi connectivity index (χ4v) is 2.37. The standard InChI is InChI=1S/C16H19ClN4O2.ClH/c17-13-3-1-2-12(8-13)16-20-15(23-21-16)6-7-19-14(22)10-18-9-11-4-5-11;/h1-3,8,11,18H,4-7,9-10H2,(H,19,22);1H. The van der Waals surface area contributed by atoms with E-state index in [1.165, 1.54) is 12.8 Å². The van der Waals surface area contributed by atoms with Crippen molar-refractivity contribution >= 4 is 29.9 Å². The molecule has 0 aliphatic heterocycles. The van der Waals surface area contributed by atoms with Crippen molar-refractivity contribution in [2.75, 3.05) is 19.6 Å². The summed E-state index contributed by atoms with van der Waals surface area (Å²) in [7, 11) is 0. The maximum atomic E-state index is 11.6. The Kier molecular flexibility index (Phi) is 7.02. The lowest BCUT2D eigenvalue weighted by Gasteiger charge is -2.04. The molecule has 1 heterocycles. The molecule has 6 nitrogen and oxygen atoms in total. The highest BCUT2D eigenvalue weighted by atomic mass is 35.5. The summed E-state index contributed by atoms with van der Waals surface area (Å²) in [6.45, 7) is 1.76. The minimum Gasteiger partial charge on any atom is -0.354 e. The van der Waals surface area contributed by atoms with Gasteiger partial charge in [-0.1, -0.05) is 28.9 Å². The molecule has 1 aromatic carbocycles. The van der Waals surface area contributed by atoms with Gasteiger partial charge in [-0.05, 0) is 37.4 Å². The Morgan fingerprint density at radius 1 is 1.38 bits per heavy atom. The number of carbonyl (C=O) groups excluding carboxylic acids is 1. The largest absolute Gasteiger partial charge is 0.354 e. The second-order valence-corrected chi connectivity index (χ2v) is 6.13. The van der Waals surface area contributed by atoms with Crippen LogP contribution in [0.1, 0.15) is 18.7 Å². The SMILES string of the molecule is Cl.O=C(CNCC1CC1)NCCc1nc(-c2cccc(Cl)c2)no1. The summed E-state index contributed by atoms with van der Waals surface area (Å²) >= 11 is 5.95. The Bertz CT molecular complexity index is 674. The zero-order chi connectivity index (χ0) is 16.1. The molecule has 2 N–H and O–H groups in total. The van der Waals surface area contributed by atoms with E-state index in [4.69, 9.17) is 16.1 Å². The van der Waals surface area contributed by atoms with E-state index >= 15 is 0 Å². The fraction of sp³-hybridized carbons (Fsp3) is 0.438. The number of halogens is 2. The van der Waals surface area contributed by atoms with Gasteiger partial charge in [-0.3, -0.25) is 4.79 Å². The molecule has 1 amide bonds. The summed E-state index contributed by atoms with van der Waals surface area (Å²) in [5.41, 5.74) is 0.806. The second kappa shape index (κ2) is 9.01. The van der Waals surface area contributed by atoms with Gasteiger partial charge in [-0.15, -0.1) is 12.4 Å². The van der Waals surface area contributed by atoms with Crippen LogP contribution in [0.25, 0.3) is 11.4 Å². The van der Waals surface area contributed by atoms with Gasteiger partial charge in [0.05, 0.1) is 6.54 Å². The minimum absolute atomic E-state index is 0. The van der Waals surface area contributed by atoms with Gasteiger partial charge < -0.3 is 15.2 Å². The highest BCUT2D eigenvalue weighted by Gasteiger charge is 2.20. The maximum Gasteiger partial charge on any atom is 0.233 e. The molecule has 1 aromatic heterocycles. The fourth-order valence-electron chi connectivity index (χ4n) is 2.18. The molecule has 0 radical (unpaired) electrons. The lowest BCUT2D eigenvalue weighted by Crippen LogP contribution is -2.35. The van der Waals surface area contributed by atoms with E-state index in [0.717, 1.165) is 18.0 Å². The van der Waals surface area contributed by atoms with Crippen molar-refractivity contribution in [1.29, 1.82) is 0 Å². The van der Waals surface area contributed by atoms with Crippen LogP contribution in [-0.2, 0) is 11.2 Å². The molecule has 2 aromatic rings. The van der Waals surface area contributed by atoms with E-state index in [1.54, 1.807) is 12.1 Å². The first-order chi connectivity index (χ1) is 11.2. The first kappa shape index (κ1) is 18.7. The number of carbonyl (C=O) groups is 1. The monoisotopic (exact) mass is 370 g/mol. The number of nitrogens with zero attached hydrogens (tertiary/aromatic N) is 2. The van der Waals surface area contributed by atoms with Crippen molar-refractivity contribution in [3.05, 3.63) is 35.2 Å². The van der Waals surface area contributed by atoms with Crippen LogP contribution in [-0.4, -0.2) is 35.7 Å². The Hall–Kier alpha value is -1.63. The van der Waals surface area contributed by atoms with Crippen LogP contribution < -0.4 is 10.6 Å². The van der Waals surface area contributed by atoms with Crippen molar-refractivity contribution in [2.45, 2.75) is 19.3 Å². The minimum atomic E-state index is -0.0137. The Morgan fingerprint density at radius 2 is 2.21 bits per heavy atom. The topological polar surface area (TPSA) is 80.0 Å². The molecule has 3 rings (SSSR count). The average Bonchev–Trinajstić information content (AvgIpc) is 3.23. The summed E-state index contributed by atoms with van der Waals surface area (Å²) in [5.74, 6) is 1.75. The van der Waals surface area contributed by atoms with Crippen molar-refractivity contribution in [1.82, 2.24) is 20.8 Å². The van der Waals surface area contributed by atoms with E-state index in [2.05, 4.69) is 20.8 Å². The van der Waals surface area contributed by atoms with Gasteiger partial charge in [-0.25, -0.2) is 0 Å². The summed E-state index contributed by atoms with van der Waals surface area (Å²) in [4.78, 5) is 16.0. The summed E-state index contributed by atoms with van der Waals surface area (Å²) in [6.07, 6.45) is 3.06. The van der Waals surface area contributed by atoms with Gasteiger partial charge in [0.25, 0.3) is 0 Å². The first-order valence-electron chi connectivity index (χ1n) is 7.76. The Labute approximate surface area is 151 Å². The second-order valence-electron chi connectivity index (χ2n) is 5.70. The maximum absolute atomic E-state index is 11.6. The van der Waals surface area contributed by atoms with Crippen molar-refractivity contribution in [3.63, 3.8) is 0 Å². The number of hydrogen-bond acceptors (Lipinski definition) is 5. The van der Waals surface area contributed by atoms with Crippen molar-refractivity contribution < 1.29 is 9.32 Å². The number of rotatable bonds is 8. The van der Waals surface area contributed by atoms with Gasteiger partial charge in [0.15, 0.2) is 0 Å². The van der Waals surface area contributed by atoms with Gasteiger partial charge in [0, 0.05) is 23.6 Å². The van der Waals surface area contributed by atoms with Gasteiger partial charge in [0.1, 0.15) is 0 Å². The van der Waals surface area contributed by atoms with E-state index in [-0.39, 0.29) is 18.3 Å². The van der Waals surface area contributed by atoms with E-state index in [1.807, 2.05) is 12.1 Å². The van der Waals surface area contributed by atoms with Crippen LogP contribution in [0, 0.1) is 5.92 Å². The molecule has 24 heavy (non-hydrogen) atoms. The van der Waals surface area contributed by atoms with Gasteiger partial charge >= 0.3 is 0 Å². The lowest BCUT2D eigenvalue weighted by atomic mass is 10.2. The normalized spacial score (nSPS) is 13.4. The highest BCUT2D eigenvalue weighted by molar-refractivity contribution is 6.30. The van der Waals surface area contributed by atoms with Crippen LogP contribution >= 0.6 is 24.0 Å². The quantitative estimate of drug-likeness (QED) is 0.745. The highest BCUT2D eigenvalue weighted by Crippen LogP contribution is 2.27. The first-order valence-corrected chi connectivity index (χ1v) is 8.14. The summed E-state index contributed by atoms with van der Waals surface area (Å²) in [5, 5.41) is 10.5. The predicted octanol–water partition coefficient (Wildman–Crippen LogP) is 2.47. The summed E-state index contributed by atoms with van der Waals surface area (Å²) in [6, 6.07) is 7.28. The van der Waals surface area contributed by atoms with E-state index < -0.39 is 0 Å².